The van der Waals surface area contributed by atoms with Crippen molar-refractivity contribution < 1.29 is 27.4 Å². The summed E-state index contributed by atoms with van der Waals surface area (Å²) in [5.41, 5.74) is 0.591. The standard InChI is InChI=1S/C29H33F3N6O3/c1-4-26(39)38-13-12-37(16-20(38)15-33-2)27-22-18-40-25(21-9-5-6-10-23(21)29(30,31)32)14-24(22)34-28(35-27)41-17-19-8-7-11-36(19)3/h4-6,9-10,19-20,25H,1,7-8,11-18H2,3H3/t19-,20-,25+/m0/s1. The number of likely N-dealkylation sites (N-methyl/N-ethyl adjacent to an activating group) is 1. The van der Waals surface area contributed by atoms with Crippen molar-refractivity contribution in [2.24, 2.45) is 0 Å². The Hall–Kier alpha value is -3.69. The summed E-state index contributed by atoms with van der Waals surface area (Å²) in [4.78, 5) is 31.2. The molecule has 1 aromatic carbocycles. The zero-order valence-corrected chi connectivity index (χ0v) is 22.9. The van der Waals surface area contributed by atoms with E-state index in [1.54, 1.807) is 11.0 Å². The molecule has 2 fully saturated rings. The summed E-state index contributed by atoms with van der Waals surface area (Å²) < 4.78 is 53.5. The molecule has 1 aromatic heterocycles. The van der Waals surface area contributed by atoms with Gasteiger partial charge in [-0.2, -0.15) is 23.1 Å². The lowest BCUT2D eigenvalue weighted by Gasteiger charge is -2.40. The Labute approximate surface area is 237 Å². The molecule has 4 heterocycles. The van der Waals surface area contributed by atoms with Crippen LogP contribution in [0.5, 0.6) is 6.01 Å². The number of benzene rings is 1. The van der Waals surface area contributed by atoms with Gasteiger partial charge in [0.15, 0.2) is 0 Å². The Balaban J connectivity index is 1.47. The van der Waals surface area contributed by atoms with Crippen LogP contribution in [-0.2, 0) is 28.7 Å². The average molecular weight is 571 g/mol. The van der Waals surface area contributed by atoms with Crippen LogP contribution in [0.15, 0.2) is 36.9 Å². The molecule has 2 saturated heterocycles. The van der Waals surface area contributed by atoms with Crippen molar-refractivity contribution in [3.05, 3.63) is 70.7 Å². The second kappa shape index (κ2) is 12.0. The van der Waals surface area contributed by atoms with Crippen LogP contribution in [0.25, 0.3) is 4.85 Å². The van der Waals surface area contributed by atoms with E-state index in [9.17, 15) is 18.0 Å². The van der Waals surface area contributed by atoms with Gasteiger partial charge < -0.3 is 29.0 Å². The molecule has 0 spiro atoms. The number of rotatable bonds is 7. The van der Waals surface area contributed by atoms with Crippen LogP contribution in [0, 0.1) is 6.57 Å². The number of fused-ring (bicyclic) bond motifs is 1. The van der Waals surface area contributed by atoms with Crippen LogP contribution in [0.4, 0.5) is 19.0 Å². The predicted octanol–water partition coefficient (Wildman–Crippen LogP) is 3.90. The fourth-order valence-electron chi connectivity index (χ4n) is 5.87. The maximum absolute atomic E-state index is 13.8. The number of ether oxygens (including phenoxy) is 2. The molecular formula is C29H33F3N6O3. The topological polar surface area (TPSA) is 75.4 Å². The van der Waals surface area contributed by atoms with Gasteiger partial charge in [0.05, 0.1) is 24.0 Å². The molecule has 2 aromatic rings. The Kier molecular flexibility index (Phi) is 8.47. The fourth-order valence-corrected chi connectivity index (χ4v) is 5.87. The van der Waals surface area contributed by atoms with Crippen LogP contribution in [0.2, 0.25) is 0 Å². The first-order chi connectivity index (χ1) is 19.7. The number of aromatic nitrogens is 2. The summed E-state index contributed by atoms with van der Waals surface area (Å²) in [6.45, 7) is 13.7. The van der Waals surface area contributed by atoms with Gasteiger partial charge in [-0.1, -0.05) is 24.8 Å². The average Bonchev–Trinajstić information content (AvgIpc) is 3.39. The Morgan fingerprint density at radius 1 is 1.24 bits per heavy atom. The summed E-state index contributed by atoms with van der Waals surface area (Å²) >= 11 is 0. The molecule has 12 heteroatoms. The minimum Gasteiger partial charge on any atom is -0.462 e. The minimum atomic E-state index is -4.51. The minimum absolute atomic E-state index is 0.0203. The van der Waals surface area contributed by atoms with E-state index in [0.717, 1.165) is 25.5 Å². The van der Waals surface area contributed by atoms with E-state index in [1.165, 1.54) is 18.2 Å². The molecule has 0 N–H and O–H groups in total. The largest absolute Gasteiger partial charge is 0.462 e. The first-order valence-electron chi connectivity index (χ1n) is 13.7. The van der Waals surface area contributed by atoms with Gasteiger partial charge in [-0.3, -0.25) is 4.79 Å². The van der Waals surface area contributed by atoms with E-state index in [0.29, 0.717) is 43.3 Å². The van der Waals surface area contributed by atoms with Crippen LogP contribution in [0.1, 0.15) is 41.3 Å². The molecule has 0 saturated carbocycles. The number of carbonyl (C=O) groups excluding carboxylic acids is 1. The number of piperazine rings is 1. The summed E-state index contributed by atoms with van der Waals surface area (Å²) in [5, 5.41) is 0. The number of nitrogens with zero attached hydrogens (tertiary/aromatic N) is 6. The van der Waals surface area contributed by atoms with Crippen LogP contribution in [-0.4, -0.2) is 84.1 Å². The highest BCUT2D eigenvalue weighted by atomic mass is 19.4. The van der Waals surface area contributed by atoms with E-state index in [-0.39, 0.29) is 49.1 Å². The molecule has 3 aliphatic heterocycles. The molecule has 0 unspecified atom stereocenters. The second-order valence-electron chi connectivity index (χ2n) is 10.6. The molecule has 5 rings (SSSR count). The van der Waals surface area contributed by atoms with E-state index in [4.69, 9.17) is 21.0 Å². The summed E-state index contributed by atoms with van der Waals surface area (Å²) in [5.74, 6) is 0.329. The van der Waals surface area contributed by atoms with Gasteiger partial charge in [0, 0.05) is 37.7 Å². The quantitative estimate of drug-likeness (QED) is 0.369. The van der Waals surface area contributed by atoms with Gasteiger partial charge in [-0.05, 0) is 44.1 Å². The highest BCUT2D eigenvalue weighted by molar-refractivity contribution is 5.87. The van der Waals surface area contributed by atoms with Gasteiger partial charge in [0.1, 0.15) is 18.5 Å². The van der Waals surface area contributed by atoms with Crippen molar-refractivity contribution >= 4 is 11.7 Å². The third kappa shape index (κ3) is 6.16. The van der Waals surface area contributed by atoms with Crippen molar-refractivity contribution in [2.45, 2.75) is 50.2 Å². The van der Waals surface area contributed by atoms with Crippen LogP contribution >= 0.6 is 0 Å². The third-order valence-electron chi connectivity index (χ3n) is 8.09. The number of carbonyl (C=O) groups is 1. The van der Waals surface area contributed by atoms with Gasteiger partial charge in [-0.15, -0.1) is 0 Å². The first-order valence-corrected chi connectivity index (χ1v) is 13.7. The van der Waals surface area contributed by atoms with E-state index in [2.05, 4.69) is 21.3 Å². The smallest absolute Gasteiger partial charge is 0.416 e. The molecule has 0 aliphatic carbocycles. The number of anilines is 1. The number of halogens is 3. The lowest BCUT2D eigenvalue weighted by molar-refractivity contribution is -0.139. The normalized spacial score (nSPS) is 23.1. The van der Waals surface area contributed by atoms with Crippen LogP contribution < -0.4 is 9.64 Å². The molecule has 3 atom stereocenters. The molecular weight excluding hydrogens is 537 g/mol. The Morgan fingerprint density at radius 2 is 2.05 bits per heavy atom. The monoisotopic (exact) mass is 570 g/mol. The zero-order chi connectivity index (χ0) is 29.1. The highest BCUT2D eigenvalue weighted by Gasteiger charge is 2.39. The van der Waals surface area contributed by atoms with Crippen LogP contribution in [0.3, 0.4) is 0 Å². The summed E-state index contributed by atoms with van der Waals surface area (Å²) in [6.07, 6.45) is -1.91. The number of amides is 1. The van der Waals surface area contributed by atoms with Gasteiger partial charge in [0.2, 0.25) is 12.5 Å². The molecule has 1 amide bonds. The Bertz CT molecular complexity index is 1330. The maximum atomic E-state index is 13.8. The van der Waals surface area contributed by atoms with Crippen molar-refractivity contribution in [2.75, 3.05) is 51.3 Å². The summed E-state index contributed by atoms with van der Waals surface area (Å²) in [7, 11) is 2.04. The third-order valence-corrected chi connectivity index (χ3v) is 8.09. The van der Waals surface area contributed by atoms with Gasteiger partial charge >= 0.3 is 12.2 Å². The molecule has 218 valence electrons. The number of likely N-dealkylation sites (tertiary alicyclic amines) is 1. The molecule has 41 heavy (non-hydrogen) atoms. The number of hydrogen-bond donors (Lipinski definition) is 0. The lowest BCUT2D eigenvalue weighted by Crippen LogP contribution is -2.56. The number of alkyl halides is 3. The zero-order valence-electron chi connectivity index (χ0n) is 22.9. The Morgan fingerprint density at radius 3 is 2.76 bits per heavy atom. The SMILES string of the molecule is [C-]#[N+]C[C@H]1CN(c2nc(OC[C@@H]3CCCN3C)nc3c2CO[C@@H](c2ccccc2C(F)(F)F)C3)CCN1C(=O)C=C. The van der Waals surface area contributed by atoms with Crippen molar-refractivity contribution in [3.8, 4) is 6.01 Å². The van der Waals surface area contributed by atoms with Crippen molar-refractivity contribution in [3.63, 3.8) is 0 Å². The maximum Gasteiger partial charge on any atom is 0.416 e. The van der Waals surface area contributed by atoms with E-state index < -0.39 is 17.8 Å². The van der Waals surface area contributed by atoms with Crippen molar-refractivity contribution in [1.29, 1.82) is 0 Å². The molecule has 0 radical (unpaired) electrons. The lowest BCUT2D eigenvalue weighted by atomic mass is 9.95. The van der Waals surface area contributed by atoms with Crippen molar-refractivity contribution in [1.82, 2.24) is 19.8 Å². The molecule has 0 bridgehead atoms. The fraction of sp³-hybridized carbons (Fsp3) is 0.517. The summed E-state index contributed by atoms with van der Waals surface area (Å²) in [6, 6.07) is 5.46. The van der Waals surface area contributed by atoms with Gasteiger partial charge in [-0.25, -0.2) is 6.57 Å². The number of hydrogen-bond acceptors (Lipinski definition) is 7. The van der Waals surface area contributed by atoms with Gasteiger partial charge in [0.25, 0.3) is 0 Å². The second-order valence-corrected chi connectivity index (χ2v) is 10.6. The van der Waals surface area contributed by atoms with E-state index >= 15 is 0 Å². The first kappa shape index (κ1) is 28.8. The molecule has 9 nitrogen and oxygen atoms in total. The van der Waals surface area contributed by atoms with E-state index in [1.807, 2.05) is 11.9 Å². The molecule has 3 aliphatic rings. The predicted molar refractivity (Wildman–Crippen MR) is 145 cm³/mol. The highest BCUT2D eigenvalue weighted by Crippen LogP contribution is 2.40.